The highest BCUT2D eigenvalue weighted by Gasteiger charge is 2.15. The van der Waals surface area contributed by atoms with Crippen molar-refractivity contribution in [3.8, 4) is 5.75 Å². The SMILES string of the molecule is COc1ccc(S(=O)(=O)NCCSc2n[nH]c(C)n2)cc1Cl. The van der Waals surface area contributed by atoms with Crippen LogP contribution >= 0.6 is 23.4 Å². The molecule has 0 aliphatic rings. The number of rotatable bonds is 7. The van der Waals surface area contributed by atoms with E-state index < -0.39 is 10.0 Å². The largest absolute Gasteiger partial charge is 0.495 e. The number of benzene rings is 1. The van der Waals surface area contributed by atoms with Crippen LogP contribution in [0.1, 0.15) is 5.82 Å². The van der Waals surface area contributed by atoms with E-state index in [9.17, 15) is 8.42 Å². The van der Waals surface area contributed by atoms with Crippen LogP contribution in [0.2, 0.25) is 5.02 Å². The van der Waals surface area contributed by atoms with Crippen LogP contribution in [0.4, 0.5) is 0 Å². The summed E-state index contributed by atoms with van der Waals surface area (Å²) >= 11 is 7.30. The lowest BCUT2D eigenvalue weighted by atomic mass is 10.3. The number of hydrogen-bond donors (Lipinski definition) is 2. The lowest BCUT2D eigenvalue weighted by Crippen LogP contribution is -2.26. The van der Waals surface area contributed by atoms with Gasteiger partial charge in [0.15, 0.2) is 0 Å². The van der Waals surface area contributed by atoms with Gasteiger partial charge in [-0.05, 0) is 25.1 Å². The van der Waals surface area contributed by atoms with E-state index in [1.54, 1.807) is 6.92 Å². The Hall–Kier alpha value is -1.29. The van der Waals surface area contributed by atoms with Gasteiger partial charge in [0, 0.05) is 12.3 Å². The molecule has 0 unspecified atom stereocenters. The van der Waals surface area contributed by atoms with Gasteiger partial charge < -0.3 is 4.74 Å². The Bertz CT molecular complexity index is 749. The molecule has 0 radical (unpaired) electrons. The molecule has 0 amide bonds. The molecule has 0 saturated carbocycles. The van der Waals surface area contributed by atoms with Crippen molar-refractivity contribution in [3.05, 3.63) is 29.0 Å². The Balaban J connectivity index is 1.92. The molecule has 22 heavy (non-hydrogen) atoms. The third kappa shape index (κ3) is 4.35. The minimum atomic E-state index is -3.61. The number of aromatic amines is 1. The van der Waals surface area contributed by atoms with Crippen molar-refractivity contribution < 1.29 is 13.2 Å². The smallest absolute Gasteiger partial charge is 0.240 e. The van der Waals surface area contributed by atoms with Crippen molar-refractivity contribution in [2.24, 2.45) is 0 Å². The second kappa shape index (κ2) is 7.32. The van der Waals surface area contributed by atoms with Crippen molar-refractivity contribution in [2.45, 2.75) is 17.0 Å². The predicted molar refractivity (Wildman–Crippen MR) is 85.0 cm³/mol. The molecular formula is C12H15ClN4O3S2. The summed E-state index contributed by atoms with van der Waals surface area (Å²) in [5.74, 6) is 1.66. The Kier molecular flexibility index (Phi) is 5.68. The summed E-state index contributed by atoms with van der Waals surface area (Å²) in [7, 11) is -2.14. The maximum absolute atomic E-state index is 12.1. The fraction of sp³-hybridized carbons (Fsp3) is 0.333. The molecule has 0 atom stereocenters. The first-order chi connectivity index (χ1) is 10.4. The first-order valence-electron chi connectivity index (χ1n) is 6.27. The van der Waals surface area contributed by atoms with Gasteiger partial charge in [-0.25, -0.2) is 18.1 Å². The van der Waals surface area contributed by atoms with E-state index >= 15 is 0 Å². The highest BCUT2D eigenvalue weighted by Crippen LogP contribution is 2.26. The molecular weight excluding hydrogens is 348 g/mol. The molecule has 2 aromatic rings. The van der Waals surface area contributed by atoms with Gasteiger partial charge in [-0.2, -0.15) is 0 Å². The molecule has 1 aromatic carbocycles. The fourth-order valence-corrected chi connectivity index (χ4v) is 3.81. The molecule has 0 aliphatic carbocycles. The molecule has 0 bridgehead atoms. The Morgan fingerprint density at radius 2 is 2.23 bits per heavy atom. The molecule has 1 heterocycles. The summed E-state index contributed by atoms with van der Waals surface area (Å²) in [5.41, 5.74) is 0. The van der Waals surface area contributed by atoms with Crippen molar-refractivity contribution in [1.82, 2.24) is 19.9 Å². The Morgan fingerprint density at radius 1 is 1.45 bits per heavy atom. The van der Waals surface area contributed by atoms with Gasteiger partial charge in [-0.15, -0.1) is 5.10 Å². The summed E-state index contributed by atoms with van der Waals surface area (Å²) in [6, 6.07) is 4.31. The van der Waals surface area contributed by atoms with Crippen molar-refractivity contribution >= 4 is 33.4 Å². The zero-order valence-electron chi connectivity index (χ0n) is 12.0. The van der Waals surface area contributed by atoms with Crippen molar-refractivity contribution in [2.75, 3.05) is 19.4 Å². The number of aryl methyl sites for hydroxylation is 1. The lowest BCUT2D eigenvalue weighted by Gasteiger charge is -2.08. The van der Waals surface area contributed by atoms with Gasteiger partial charge in [0.05, 0.1) is 17.0 Å². The van der Waals surface area contributed by atoms with Gasteiger partial charge in [-0.3, -0.25) is 5.10 Å². The molecule has 0 aliphatic heterocycles. The highest BCUT2D eigenvalue weighted by atomic mass is 35.5. The minimum Gasteiger partial charge on any atom is -0.495 e. The third-order valence-electron chi connectivity index (χ3n) is 2.64. The summed E-state index contributed by atoms with van der Waals surface area (Å²) in [6.45, 7) is 2.05. The maximum atomic E-state index is 12.1. The van der Waals surface area contributed by atoms with Crippen LogP contribution in [-0.2, 0) is 10.0 Å². The van der Waals surface area contributed by atoms with Crippen LogP contribution in [-0.4, -0.2) is 43.0 Å². The van der Waals surface area contributed by atoms with E-state index in [4.69, 9.17) is 16.3 Å². The van der Waals surface area contributed by atoms with Crippen LogP contribution in [0, 0.1) is 6.92 Å². The number of methoxy groups -OCH3 is 1. The lowest BCUT2D eigenvalue weighted by molar-refractivity contribution is 0.414. The molecule has 1 aromatic heterocycles. The molecule has 2 N–H and O–H groups in total. The van der Waals surface area contributed by atoms with E-state index in [0.29, 0.717) is 16.7 Å². The third-order valence-corrected chi connectivity index (χ3v) is 5.24. The van der Waals surface area contributed by atoms with Gasteiger partial charge in [-0.1, -0.05) is 23.4 Å². The van der Waals surface area contributed by atoms with E-state index in [1.165, 1.54) is 37.1 Å². The van der Waals surface area contributed by atoms with Gasteiger partial charge in [0.1, 0.15) is 11.6 Å². The van der Waals surface area contributed by atoms with Crippen LogP contribution in [0.3, 0.4) is 0 Å². The minimum absolute atomic E-state index is 0.0945. The summed E-state index contributed by atoms with van der Waals surface area (Å²) in [5, 5.41) is 7.51. The Morgan fingerprint density at radius 3 is 2.82 bits per heavy atom. The van der Waals surface area contributed by atoms with Gasteiger partial charge in [0.25, 0.3) is 0 Å². The first-order valence-corrected chi connectivity index (χ1v) is 9.12. The highest BCUT2D eigenvalue weighted by molar-refractivity contribution is 7.99. The zero-order chi connectivity index (χ0) is 16.2. The van der Waals surface area contributed by atoms with Crippen molar-refractivity contribution in [1.29, 1.82) is 0 Å². The number of halogens is 1. The van der Waals surface area contributed by atoms with Crippen LogP contribution < -0.4 is 9.46 Å². The summed E-state index contributed by atoms with van der Waals surface area (Å²) in [4.78, 5) is 4.22. The fourth-order valence-electron chi connectivity index (χ4n) is 1.60. The second-order valence-corrected chi connectivity index (χ2v) is 7.48. The number of aromatic nitrogens is 3. The number of hydrogen-bond acceptors (Lipinski definition) is 6. The predicted octanol–water partition coefficient (Wildman–Crippen LogP) is 1.85. The molecule has 0 fully saturated rings. The Labute approximate surface area is 137 Å². The van der Waals surface area contributed by atoms with Gasteiger partial charge >= 0.3 is 0 Å². The molecule has 7 nitrogen and oxygen atoms in total. The van der Waals surface area contributed by atoms with Crippen molar-refractivity contribution in [3.63, 3.8) is 0 Å². The average molecular weight is 363 g/mol. The summed E-state index contributed by atoms with van der Waals surface area (Å²) in [6.07, 6.45) is 0. The summed E-state index contributed by atoms with van der Waals surface area (Å²) < 4.78 is 31.8. The number of nitrogens with zero attached hydrogens (tertiary/aromatic N) is 2. The molecule has 120 valence electrons. The monoisotopic (exact) mass is 362 g/mol. The number of H-pyrrole nitrogens is 1. The average Bonchev–Trinajstić information content (AvgIpc) is 2.89. The van der Waals surface area contributed by atoms with E-state index in [2.05, 4.69) is 19.9 Å². The number of thioether (sulfide) groups is 1. The molecule has 2 rings (SSSR count). The van der Waals surface area contributed by atoms with Crippen LogP contribution in [0.15, 0.2) is 28.3 Å². The second-order valence-electron chi connectivity index (χ2n) is 4.25. The topological polar surface area (TPSA) is 97.0 Å². The zero-order valence-corrected chi connectivity index (χ0v) is 14.3. The van der Waals surface area contributed by atoms with E-state index in [-0.39, 0.29) is 16.5 Å². The number of nitrogens with one attached hydrogen (secondary N) is 2. The van der Waals surface area contributed by atoms with Crippen LogP contribution in [0.5, 0.6) is 5.75 Å². The molecule has 0 spiro atoms. The van der Waals surface area contributed by atoms with Gasteiger partial charge in [0.2, 0.25) is 15.2 Å². The first kappa shape index (κ1) is 17.1. The normalized spacial score (nSPS) is 11.6. The quantitative estimate of drug-likeness (QED) is 0.576. The molecule has 0 saturated heterocycles. The standard InChI is InChI=1S/C12H15ClN4O3S2/c1-8-15-12(17-16-8)21-6-5-14-22(18,19)9-3-4-11(20-2)10(13)7-9/h3-4,7,14H,5-6H2,1-2H3,(H,15,16,17). The number of ether oxygens (including phenoxy) is 1. The van der Waals surface area contributed by atoms with E-state index in [1.807, 2.05) is 0 Å². The van der Waals surface area contributed by atoms with Crippen LogP contribution in [0.25, 0.3) is 0 Å². The van der Waals surface area contributed by atoms with E-state index in [0.717, 1.165) is 5.82 Å². The molecule has 10 heteroatoms. The maximum Gasteiger partial charge on any atom is 0.240 e. The number of sulfonamides is 1.